The van der Waals surface area contributed by atoms with E-state index in [-0.39, 0.29) is 12.4 Å². The van der Waals surface area contributed by atoms with E-state index in [0.717, 1.165) is 0 Å². The molecular weight excluding hydrogens is 232 g/mol. The lowest BCUT2D eigenvalue weighted by molar-refractivity contribution is 0.152. The predicted octanol–water partition coefficient (Wildman–Crippen LogP) is 2.13. The second-order valence-electron chi connectivity index (χ2n) is 2.79. The Morgan fingerprint density at radius 2 is 2.44 bits per heavy atom. The van der Waals surface area contributed by atoms with Crippen LogP contribution in [0.4, 0.5) is 4.79 Å². The second kappa shape index (κ2) is 5.97. The van der Waals surface area contributed by atoms with Crippen LogP contribution in [0.15, 0.2) is 23.3 Å². The van der Waals surface area contributed by atoms with Crippen molar-refractivity contribution >= 4 is 23.9 Å². The molecule has 5 nitrogen and oxygen atoms in total. The van der Waals surface area contributed by atoms with Crippen molar-refractivity contribution in [3.8, 4) is 5.75 Å². The molecule has 0 spiro atoms. The zero-order valence-electron chi connectivity index (χ0n) is 8.61. The Kier molecular flexibility index (Phi) is 4.60. The van der Waals surface area contributed by atoms with Crippen LogP contribution in [0.1, 0.15) is 12.5 Å². The Hall–Kier alpha value is -1.75. The van der Waals surface area contributed by atoms with Gasteiger partial charge in [-0.3, -0.25) is 0 Å². The highest BCUT2D eigenvalue weighted by Crippen LogP contribution is 2.19. The molecule has 0 aliphatic rings. The third-order valence-corrected chi connectivity index (χ3v) is 1.86. The summed E-state index contributed by atoms with van der Waals surface area (Å²) in [4.78, 5) is 10.8. The minimum atomic E-state index is -0.653. The smallest absolute Gasteiger partial charge is 0.427 e. The lowest BCUT2D eigenvalue weighted by atomic mass is 10.2. The Bertz CT molecular complexity index is 407. The number of aromatic hydroxyl groups is 1. The van der Waals surface area contributed by atoms with Gasteiger partial charge in [0.2, 0.25) is 0 Å². The van der Waals surface area contributed by atoms with Crippen molar-refractivity contribution in [3.05, 3.63) is 28.8 Å². The number of halogens is 1. The summed E-state index contributed by atoms with van der Waals surface area (Å²) in [6.07, 6.45) is 0.623. The minimum Gasteiger partial charge on any atom is -0.507 e. The molecule has 0 radical (unpaired) electrons. The third kappa shape index (κ3) is 3.78. The number of carbonyl (C=O) groups excluding carboxylic acids is 1. The molecule has 1 rings (SSSR count). The van der Waals surface area contributed by atoms with E-state index >= 15 is 0 Å². The quantitative estimate of drug-likeness (QED) is 0.630. The van der Waals surface area contributed by atoms with Gasteiger partial charge >= 0.3 is 6.09 Å². The van der Waals surface area contributed by atoms with E-state index in [0.29, 0.717) is 10.6 Å². The maximum atomic E-state index is 10.8. The summed E-state index contributed by atoms with van der Waals surface area (Å²) in [5.74, 6) is 0.0267. The molecule has 0 aliphatic carbocycles. The monoisotopic (exact) mass is 242 g/mol. The molecule has 2 N–H and O–H groups in total. The van der Waals surface area contributed by atoms with Gasteiger partial charge in [0.1, 0.15) is 5.75 Å². The molecule has 86 valence electrons. The molecular formula is C10H11ClN2O3. The number of nitrogens with zero attached hydrogens (tertiary/aromatic N) is 1. The summed E-state index contributed by atoms with van der Waals surface area (Å²) >= 11 is 5.72. The summed E-state index contributed by atoms with van der Waals surface area (Å²) in [5.41, 5.74) is 2.54. The fraction of sp³-hybridized carbons (Fsp3) is 0.200. The van der Waals surface area contributed by atoms with Gasteiger partial charge in [0.15, 0.2) is 0 Å². The molecule has 0 aromatic heterocycles. The van der Waals surface area contributed by atoms with Crippen LogP contribution in [-0.4, -0.2) is 24.0 Å². The molecule has 0 saturated carbocycles. The standard InChI is InChI=1S/C10H11ClN2O3/c1-2-16-10(15)13-12-6-7-5-8(11)3-4-9(7)14/h3-6,14H,2H2,1H3,(H,13,15)/b12-6-. The molecule has 1 aromatic carbocycles. The number of carbonyl (C=O) groups is 1. The molecule has 1 amide bonds. The molecule has 0 atom stereocenters. The van der Waals surface area contributed by atoms with Crippen LogP contribution in [0.5, 0.6) is 5.75 Å². The van der Waals surface area contributed by atoms with Crippen molar-refractivity contribution in [2.45, 2.75) is 6.92 Å². The van der Waals surface area contributed by atoms with E-state index in [4.69, 9.17) is 11.6 Å². The van der Waals surface area contributed by atoms with E-state index in [1.54, 1.807) is 13.0 Å². The minimum absolute atomic E-state index is 0.0267. The normalized spacial score (nSPS) is 10.4. The summed E-state index contributed by atoms with van der Waals surface area (Å²) in [5, 5.41) is 13.5. The van der Waals surface area contributed by atoms with Crippen molar-refractivity contribution in [1.29, 1.82) is 0 Å². The van der Waals surface area contributed by atoms with Gasteiger partial charge in [-0.1, -0.05) is 11.6 Å². The summed E-state index contributed by atoms with van der Waals surface area (Å²) in [7, 11) is 0. The number of ether oxygens (including phenoxy) is 1. The first kappa shape index (κ1) is 12.3. The number of hydrogen-bond donors (Lipinski definition) is 2. The van der Waals surface area contributed by atoms with E-state index in [9.17, 15) is 9.90 Å². The Balaban J connectivity index is 2.62. The lowest BCUT2D eigenvalue weighted by Gasteiger charge is -2.00. The molecule has 6 heteroatoms. The zero-order valence-corrected chi connectivity index (χ0v) is 9.36. The predicted molar refractivity (Wildman–Crippen MR) is 60.9 cm³/mol. The average molecular weight is 243 g/mol. The van der Waals surface area contributed by atoms with E-state index in [1.807, 2.05) is 0 Å². The molecule has 16 heavy (non-hydrogen) atoms. The molecule has 0 heterocycles. The van der Waals surface area contributed by atoms with Crippen molar-refractivity contribution in [2.24, 2.45) is 5.10 Å². The number of rotatable bonds is 3. The number of hydrogen-bond acceptors (Lipinski definition) is 4. The highest BCUT2D eigenvalue weighted by atomic mass is 35.5. The Morgan fingerprint density at radius 1 is 1.69 bits per heavy atom. The van der Waals surface area contributed by atoms with Gasteiger partial charge in [-0.25, -0.2) is 10.2 Å². The van der Waals surface area contributed by atoms with Crippen LogP contribution in [0.25, 0.3) is 0 Å². The third-order valence-electron chi connectivity index (χ3n) is 1.62. The number of phenols is 1. The van der Waals surface area contributed by atoms with Gasteiger partial charge < -0.3 is 9.84 Å². The topological polar surface area (TPSA) is 70.9 Å². The largest absolute Gasteiger partial charge is 0.507 e. The van der Waals surface area contributed by atoms with Crippen LogP contribution in [0.3, 0.4) is 0 Å². The second-order valence-corrected chi connectivity index (χ2v) is 3.23. The first-order valence-electron chi connectivity index (χ1n) is 4.58. The molecule has 0 unspecified atom stereocenters. The fourth-order valence-corrected chi connectivity index (χ4v) is 1.13. The van der Waals surface area contributed by atoms with Crippen molar-refractivity contribution in [3.63, 3.8) is 0 Å². The van der Waals surface area contributed by atoms with Gasteiger partial charge in [-0.05, 0) is 25.1 Å². The van der Waals surface area contributed by atoms with Gasteiger partial charge in [0, 0.05) is 10.6 Å². The number of amides is 1. The number of hydrazone groups is 1. The fourth-order valence-electron chi connectivity index (χ4n) is 0.947. The SMILES string of the molecule is CCOC(=O)N/N=C\c1cc(Cl)ccc1O. The first-order chi connectivity index (χ1) is 7.63. The van der Waals surface area contributed by atoms with Gasteiger partial charge in [-0.2, -0.15) is 5.10 Å². The number of nitrogens with one attached hydrogen (secondary N) is 1. The maximum Gasteiger partial charge on any atom is 0.427 e. The molecule has 1 aromatic rings. The molecule has 0 aliphatic heterocycles. The van der Waals surface area contributed by atoms with E-state index in [1.165, 1.54) is 18.3 Å². The molecule has 0 bridgehead atoms. The van der Waals surface area contributed by atoms with Crippen LogP contribution < -0.4 is 5.43 Å². The van der Waals surface area contributed by atoms with Gasteiger partial charge in [-0.15, -0.1) is 0 Å². The van der Waals surface area contributed by atoms with Crippen molar-refractivity contribution in [2.75, 3.05) is 6.61 Å². The highest BCUT2D eigenvalue weighted by molar-refractivity contribution is 6.30. The van der Waals surface area contributed by atoms with Crippen LogP contribution >= 0.6 is 11.6 Å². The molecule has 0 saturated heterocycles. The van der Waals surface area contributed by atoms with Gasteiger partial charge in [0.05, 0.1) is 12.8 Å². The van der Waals surface area contributed by atoms with E-state index in [2.05, 4.69) is 15.3 Å². The Labute approximate surface area is 97.7 Å². The maximum absolute atomic E-state index is 10.8. The average Bonchev–Trinajstić information content (AvgIpc) is 2.23. The van der Waals surface area contributed by atoms with E-state index < -0.39 is 6.09 Å². The summed E-state index contributed by atoms with van der Waals surface area (Å²) < 4.78 is 4.58. The summed E-state index contributed by atoms with van der Waals surface area (Å²) in [6, 6.07) is 4.51. The first-order valence-corrected chi connectivity index (χ1v) is 4.95. The zero-order chi connectivity index (χ0) is 12.0. The molecule has 0 fully saturated rings. The van der Waals surface area contributed by atoms with Crippen molar-refractivity contribution in [1.82, 2.24) is 5.43 Å². The Morgan fingerprint density at radius 3 is 3.12 bits per heavy atom. The van der Waals surface area contributed by atoms with Crippen molar-refractivity contribution < 1.29 is 14.6 Å². The van der Waals surface area contributed by atoms with Crippen LogP contribution in [-0.2, 0) is 4.74 Å². The summed E-state index contributed by atoms with van der Waals surface area (Å²) in [6.45, 7) is 1.95. The number of benzene rings is 1. The highest BCUT2D eigenvalue weighted by Gasteiger charge is 2.00. The van der Waals surface area contributed by atoms with Crippen LogP contribution in [0, 0.1) is 0 Å². The lowest BCUT2D eigenvalue weighted by Crippen LogP contribution is -2.18. The van der Waals surface area contributed by atoms with Gasteiger partial charge in [0.25, 0.3) is 0 Å². The number of phenolic OH excluding ortho intramolecular Hbond substituents is 1. The van der Waals surface area contributed by atoms with Crippen LogP contribution in [0.2, 0.25) is 5.02 Å².